The van der Waals surface area contributed by atoms with Gasteiger partial charge in [0.2, 0.25) is 0 Å². The van der Waals surface area contributed by atoms with Crippen molar-refractivity contribution in [2.75, 3.05) is 14.2 Å². The highest BCUT2D eigenvalue weighted by atomic mass is 16.5. The van der Waals surface area contributed by atoms with Gasteiger partial charge in [0, 0.05) is 13.5 Å². The van der Waals surface area contributed by atoms with Gasteiger partial charge in [0.05, 0.1) is 24.8 Å². The van der Waals surface area contributed by atoms with Crippen molar-refractivity contribution in [1.29, 1.82) is 0 Å². The molecule has 0 bridgehead atoms. The monoisotopic (exact) mass is 240 g/mol. The minimum Gasteiger partial charge on any atom is -0.496 e. The summed E-state index contributed by atoms with van der Waals surface area (Å²) < 4.78 is 14.9. The van der Waals surface area contributed by atoms with E-state index in [1.165, 1.54) is 14.2 Å². The molecule has 0 saturated heterocycles. The first kappa shape index (κ1) is 13.4. The van der Waals surface area contributed by atoms with E-state index >= 15 is 0 Å². The highest BCUT2D eigenvalue weighted by Gasteiger charge is 2.20. The number of methoxy groups -OCH3 is 2. The summed E-state index contributed by atoms with van der Waals surface area (Å²) >= 11 is 0. The van der Waals surface area contributed by atoms with Gasteiger partial charge in [-0.2, -0.15) is 0 Å². The van der Waals surface area contributed by atoms with E-state index < -0.39 is 5.63 Å². The first-order chi connectivity index (χ1) is 7.99. The first-order valence-corrected chi connectivity index (χ1v) is 5.24. The minimum absolute atomic E-state index is 0.169. The molecular weight excluding hydrogens is 224 g/mol. The third-order valence-corrected chi connectivity index (χ3v) is 2.48. The third kappa shape index (κ3) is 3.17. The van der Waals surface area contributed by atoms with Crippen LogP contribution in [0.2, 0.25) is 0 Å². The fraction of sp³-hybridized carbons (Fsp3) is 0.500. The van der Waals surface area contributed by atoms with Crippen LogP contribution >= 0.6 is 0 Å². The highest BCUT2D eigenvalue weighted by Crippen LogP contribution is 2.22. The predicted octanol–water partition coefficient (Wildman–Crippen LogP) is 1.56. The van der Waals surface area contributed by atoms with E-state index in [2.05, 4.69) is 0 Å². The van der Waals surface area contributed by atoms with E-state index in [1.807, 2.05) is 0 Å². The topological polar surface area (TPSA) is 65.7 Å². The molecule has 1 rings (SSSR count). The van der Waals surface area contributed by atoms with E-state index in [4.69, 9.17) is 13.9 Å². The number of hydrogen-bond donors (Lipinski definition) is 0. The minimum atomic E-state index is -0.532. The van der Waals surface area contributed by atoms with Crippen LogP contribution in [0.1, 0.15) is 29.5 Å². The Morgan fingerprint density at radius 2 is 2.12 bits per heavy atom. The number of carbonyl (C=O) groups is 1. The fourth-order valence-corrected chi connectivity index (χ4v) is 1.53. The molecule has 0 radical (unpaired) electrons. The largest absolute Gasteiger partial charge is 0.496 e. The maximum atomic E-state index is 12.0. The molecule has 0 aromatic carbocycles. The molecule has 1 atom stereocenters. The van der Waals surface area contributed by atoms with Crippen molar-refractivity contribution < 1.29 is 18.7 Å². The Morgan fingerprint density at radius 3 is 2.65 bits per heavy atom. The van der Waals surface area contributed by atoms with Crippen molar-refractivity contribution in [1.82, 2.24) is 0 Å². The Kier molecular flexibility index (Phi) is 4.45. The molecule has 17 heavy (non-hydrogen) atoms. The molecule has 1 heterocycles. The lowest BCUT2D eigenvalue weighted by Crippen LogP contribution is -2.16. The average molecular weight is 240 g/mol. The number of rotatable bonds is 5. The summed E-state index contributed by atoms with van der Waals surface area (Å²) in [5, 5.41) is 0. The summed E-state index contributed by atoms with van der Waals surface area (Å²) in [6.07, 6.45) is 0.0139. The molecule has 0 fully saturated rings. The lowest BCUT2D eigenvalue weighted by Gasteiger charge is -2.11. The van der Waals surface area contributed by atoms with E-state index in [0.29, 0.717) is 5.56 Å². The zero-order chi connectivity index (χ0) is 13.0. The highest BCUT2D eigenvalue weighted by molar-refractivity contribution is 5.99. The zero-order valence-electron chi connectivity index (χ0n) is 10.4. The summed E-state index contributed by atoms with van der Waals surface area (Å²) in [6, 6.07) is 1.16. The Balaban J connectivity index is 3.12. The second kappa shape index (κ2) is 5.63. The van der Waals surface area contributed by atoms with Crippen molar-refractivity contribution in [3.63, 3.8) is 0 Å². The number of ketones is 1. The molecule has 0 amide bonds. The third-order valence-electron chi connectivity index (χ3n) is 2.48. The first-order valence-electron chi connectivity index (χ1n) is 5.24. The molecule has 0 aliphatic rings. The Hall–Kier alpha value is -1.62. The van der Waals surface area contributed by atoms with Crippen molar-refractivity contribution in [2.24, 2.45) is 0 Å². The van der Waals surface area contributed by atoms with Crippen LogP contribution in [0.15, 0.2) is 15.3 Å². The maximum Gasteiger partial charge on any atom is 0.339 e. The normalized spacial score (nSPS) is 12.2. The molecule has 0 N–H and O–H groups in total. The van der Waals surface area contributed by atoms with Crippen LogP contribution in [0, 0.1) is 6.92 Å². The van der Waals surface area contributed by atoms with Crippen molar-refractivity contribution >= 4 is 5.78 Å². The number of carbonyl (C=O) groups excluding carboxylic acids is 1. The summed E-state index contributed by atoms with van der Waals surface area (Å²) in [5.74, 6) is 0.340. The lowest BCUT2D eigenvalue weighted by molar-refractivity contribution is 0.0786. The van der Waals surface area contributed by atoms with Gasteiger partial charge in [0.25, 0.3) is 0 Å². The van der Waals surface area contributed by atoms with Crippen molar-refractivity contribution in [2.45, 2.75) is 26.4 Å². The fourth-order valence-electron chi connectivity index (χ4n) is 1.53. The predicted molar refractivity (Wildman–Crippen MR) is 61.7 cm³/mol. The molecule has 94 valence electrons. The standard InChI is InChI=1S/C12H16O5/c1-7(15-3)5-9(13)12-8(2)17-11(14)6-10(12)16-4/h6-7H,5H2,1-4H3/t7-/m0/s1. The zero-order valence-corrected chi connectivity index (χ0v) is 10.4. The van der Waals surface area contributed by atoms with Gasteiger partial charge in [0.15, 0.2) is 5.78 Å². The Morgan fingerprint density at radius 1 is 1.47 bits per heavy atom. The molecule has 0 spiro atoms. The molecule has 0 unspecified atom stereocenters. The Bertz CT molecular complexity index is 460. The van der Waals surface area contributed by atoms with Crippen molar-refractivity contribution in [3.05, 3.63) is 27.8 Å². The average Bonchev–Trinajstić information content (AvgIpc) is 2.27. The molecule has 0 aliphatic carbocycles. The van der Waals surface area contributed by atoms with Gasteiger partial charge in [-0.15, -0.1) is 0 Å². The number of Topliss-reactive ketones (excluding diaryl/α,β-unsaturated/α-hetero) is 1. The Labute approximate surface area is 99.3 Å². The molecule has 5 nitrogen and oxygen atoms in total. The number of hydrogen-bond acceptors (Lipinski definition) is 5. The van der Waals surface area contributed by atoms with E-state index in [1.54, 1.807) is 13.8 Å². The maximum absolute atomic E-state index is 12.0. The van der Waals surface area contributed by atoms with Crippen LogP contribution in [0.3, 0.4) is 0 Å². The lowest BCUT2D eigenvalue weighted by atomic mass is 10.0. The SMILES string of the molecule is COc1cc(=O)oc(C)c1C(=O)C[C@H](C)OC. The quantitative estimate of drug-likeness (QED) is 0.731. The summed E-state index contributed by atoms with van der Waals surface area (Å²) in [7, 11) is 2.94. The van der Waals surface area contributed by atoms with Crippen LogP contribution < -0.4 is 10.4 Å². The molecule has 1 aromatic rings. The molecule has 1 aromatic heterocycles. The summed E-state index contributed by atoms with van der Waals surface area (Å²) in [6.45, 7) is 3.35. The van der Waals surface area contributed by atoms with Crippen LogP contribution in [0.5, 0.6) is 5.75 Å². The van der Waals surface area contributed by atoms with Crippen molar-refractivity contribution in [3.8, 4) is 5.75 Å². The molecule has 0 aliphatic heterocycles. The summed E-state index contributed by atoms with van der Waals surface area (Å²) in [4.78, 5) is 23.1. The molecule has 0 saturated carbocycles. The van der Waals surface area contributed by atoms with Gasteiger partial charge in [-0.3, -0.25) is 4.79 Å². The smallest absolute Gasteiger partial charge is 0.339 e. The van der Waals surface area contributed by atoms with E-state index in [-0.39, 0.29) is 29.8 Å². The van der Waals surface area contributed by atoms with Gasteiger partial charge in [-0.25, -0.2) is 4.79 Å². The van der Waals surface area contributed by atoms with E-state index in [0.717, 1.165) is 6.07 Å². The second-order valence-corrected chi connectivity index (χ2v) is 3.74. The molecule has 5 heteroatoms. The molecular formula is C12H16O5. The van der Waals surface area contributed by atoms with Gasteiger partial charge in [0.1, 0.15) is 11.5 Å². The van der Waals surface area contributed by atoms with Gasteiger partial charge >= 0.3 is 5.63 Å². The number of ether oxygens (including phenoxy) is 2. The van der Waals surface area contributed by atoms with Gasteiger partial charge < -0.3 is 13.9 Å². The van der Waals surface area contributed by atoms with Gasteiger partial charge in [-0.05, 0) is 13.8 Å². The van der Waals surface area contributed by atoms with Crippen LogP contribution in [0.25, 0.3) is 0 Å². The van der Waals surface area contributed by atoms with Crippen LogP contribution in [0.4, 0.5) is 0 Å². The summed E-state index contributed by atoms with van der Waals surface area (Å²) in [5.41, 5.74) is -0.230. The van der Waals surface area contributed by atoms with Crippen LogP contribution in [-0.4, -0.2) is 26.1 Å². The van der Waals surface area contributed by atoms with Gasteiger partial charge in [-0.1, -0.05) is 0 Å². The van der Waals surface area contributed by atoms with Crippen LogP contribution in [-0.2, 0) is 4.74 Å². The number of aryl methyl sites for hydroxylation is 1. The van der Waals surface area contributed by atoms with E-state index in [9.17, 15) is 9.59 Å². The second-order valence-electron chi connectivity index (χ2n) is 3.74.